The molecule has 0 aliphatic carbocycles. The normalized spacial score (nSPS) is 13.8. The SMILES string of the molecule is Cc1ccc(-c2nc(C)cc(N3CCN(C(=O)c4ccc(C)c([N+](=O)[O-])c4)CC3)n2)cc1. The molecule has 32 heavy (non-hydrogen) atoms. The minimum absolute atomic E-state index is 0.0328. The molecule has 3 aromatic rings. The van der Waals surface area contributed by atoms with Crippen LogP contribution in [0.5, 0.6) is 0 Å². The second-order valence-corrected chi connectivity index (χ2v) is 8.09. The van der Waals surface area contributed by atoms with Crippen LogP contribution < -0.4 is 4.90 Å². The van der Waals surface area contributed by atoms with Gasteiger partial charge in [-0.15, -0.1) is 0 Å². The van der Waals surface area contributed by atoms with E-state index >= 15 is 0 Å². The van der Waals surface area contributed by atoms with Crippen molar-refractivity contribution in [1.29, 1.82) is 0 Å². The molecule has 164 valence electrons. The molecule has 0 spiro atoms. The van der Waals surface area contributed by atoms with Gasteiger partial charge in [0.2, 0.25) is 0 Å². The molecule has 1 fully saturated rings. The number of aromatic nitrogens is 2. The Balaban J connectivity index is 1.48. The fourth-order valence-corrected chi connectivity index (χ4v) is 3.81. The van der Waals surface area contributed by atoms with Gasteiger partial charge in [0.1, 0.15) is 5.82 Å². The lowest BCUT2D eigenvalue weighted by Gasteiger charge is -2.35. The first-order valence-electron chi connectivity index (χ1n) is 10.5. The highest BCUT2D eigenvalue weighted by Gasteiger charge is 2.25. The van der Waals surface area contributed by atoms with Crippen LogP contribution in [0.2, 0.25) is 0 Å². The largest absolute Gasteiger partial charge is 0.353 e. The molecular weight excluding hydrogens is 406 g/mol. The van der Waals surface area contributed by atoms with E-state index in [1.165, 1.54) is 11.6 Å². The quantitative estimate of drug-likeness (QED) is 0.459. The summed E-state index contributed by atoms with van der Waals surface area (Å²) in [6.45, 7) is 7.95. The standard InChI is InChI=1S/C24H25N5O3/c1-16-4-7-19(8-5-16)23-25-18(3)14-22(26-23)27-10-12-28(13-11-27)24(30)20-9-6-17(2)21(15-20)29(31)32/h4-9,14-15H,10-13H2,1-3H3. The molecule has 0 saturated carbocycles. The summed E-state index contributed by atoms with van der Waals surface area (Å²) in [7, 11) is 0. The summed E-state index contributed by atoms with van der Waals surface area (Å²) in [4.78, 5) is 36.9. The van der Waals surface area contributed by atoms with E-state index in [9.17, 15) is 14.9 Å². The monoisotopic (exact) mass is 431 g/mol. The number of piperazine rings is 1. The Morgan fingerprint density at radius 3 is 2.28 bits per heavy atom. The van der Waals surface area contributed by atoms with Gasteiger partial charge in [0.15, 0.2) is 5.82 Å². The second-order valence-electron chi connectivity index (χ2n) is 8.09. The summed E-state index contributed by atoms with van der Waals surface area (Å²) in [6.07, 6.45) is 0. The van der Waals surface area contributed by atoms with E-state index in [1.807, 2.05) is 44.2 Å². The zero-order chi connectivity index (χ0) is 22.8. The Labute approximate surface area is 186 Å². The molecule has 1 saturated heterocycles. The van der Waals surface area contributed by atoms with Crippen molar-refractivity contribution < 1.29 is 9.72 Å². The van der Waals surface area contributed by atoms with Crippen LogP contribution in [0.1, 0.15) is 27.2 Å². The van der Waals surface area contributed by atoms with Gasteiger partial charge in [-0.3, -0.25) is 14.9 Å². The molecular formula is C24H25N5O3. The van der Waals surface area contributed by atoms with Crippen LogP contribution in [-0.4, -0.2) is 51.9 Å². The number of hydrogen-bond acceptors (Lipinski definition) is 6. The molecule has 0 unspecified atom stereocenters. The first kappa shape index (κ1) is 21.4. The number of nitro groups is 1. The zero-order valence-electron chi connectivity index (χ0n) is 18.4. The van der Waals surface area contributed by atoms with Crippen molar-refractivity contribution in [3.8, 4) is 11.4 Å². The average molecular weight is 431 g/mol. The van der Waals surface area contributed by atoms with Gasteiger partial charge in [-0.05, 0) is 26.8 Å². The lowest BCUT2D eigenvalue weighted by Crippen LogP contribution is -2.49. The van der Waals surface area contributed by atoms with Gasteiger partial charge in [-0.1, -0.05) is 35.9 Å². The fraction of sp³-hybridized carbons (Fsp3) is 0.292. The molecule has 1 aliphatic heterocycles. The predicted molar refractivity (Wildman–Crippen MR) is 123 cm³/mol. The summed E-state index contributed by atoms with van der Waals surface area (Å²) in [5.41, 5.74) is 3.89. The van der Waals surface area contributed by atoms with Crippen LogP contribution >= 0.6 is 0 Å². The lowest BCUT2D eigenvalue weighted by atomic mass is 10.1. The summed E-state index contributed by atoms with van der Waals surface area (Å²) in [6, 6.07) is 14.7. The molecule has 1 aromatic heterocycles. The van der Waals surface area contributed by atoms with E-state index in [1.54, 1.807) is 24.0 Å². The highest BCUT2D eigenvalue weighted by molar-refractivity contribution is 5.95. The summed E-state index contributed by atoms with van der Waals surface area (Å²) >= 11 is 0. The van der Waals surface area contributed by atoms with Crippen LogP contribution in [0.3, 0.4) is 0 Å². The maximum atomic E-state index is 12.9. The number of benzene rings is 2. The Bertz CT molecular complexity index is 1170. The zero-order valence-corrected chi connectivity index (χ0v) is 18.4. The number of carbonyl (C=O) groups is 1. The van der Waals surface area contributed by atoms with Crippen LogP contribution in [0.25, 0.3) is 11.4 Å². The predicted octanol–water partition coefficient (Wildman–Crippen LogP) is 3.94. The number of hydrogen-bond donors (Lipinski definition) is 0. The Hall–Kier alpha value is -3.81. The van der Waals surface area contributed by atoms with Crippen molar-refractivity contribution in [2.45, 2.75) is 20.8 Å². The number of nitrogens with zero attached hydrogens (tertiary/aromatic N) is 5. The minimum Gasteiger partial charge on any atom is -0.353 e. The van der Waals surface area contributed by atoms with Gasteiger partial charge in [-0.25, -0.2) is 9.97 Å². The molecule has 0 bridgehead atoms. The van der Waals surface area contributed by atoms with Gasteiger partial charge in [0.25, 0.3) is 11.6 Å². The number of anilines is 1. The van der Waals surface area contributed by atoms with Gasteiger partial charge in [0, 0.05) is 60.7 Å². The first-order chi connectivity index (χ1) is 15.3. The van der Waals surface area contributed by atoms with Gasteiger partial charge >= 0.3 is 0 Å². The van der Waals surface area contributed by atoms with Crippen molar-refractivity contribution in [3.63, 3.8) is 0 Å². The summed E-state index contributed by atoms with van der Waals surface area (Å²) in [5.74, 6) is 1.34. The number of aryl methyl sites for hydroxylation is 3. The van der Waals surface area contributed by atoms with E-state index in [0.717, 1.165) is 17.1 Å². The summed E-state index contributed by atoms with van der Waals surface area (Å²) < 4.78 is 0. The molecule has 1 amide bonds. The van der Waals surface area contributed by atoms with E-state index in [0.29, 0.717) is 43.1 Å². The Morgan fingerprint density at radius 1 is 0.938 bits per heavy atom. The molecule has 0 N–H and O–H groups in total. The maximum Gasteiger partial charge on any atom is 0.273 e. The van der Waals surface area contributed by atoms with Gasteiger partial charge in [0.05, 0.1) is 4.92 Å². The maximum absolute atomic E-state index is 12.9. The van der Waals surface area contributed by atoms with Crippen LogP contribution in [0.15, 0.2) is 48.5 Å². The number of carbonyl (C=O) groups excluding carboxylic acids is 1. The first-order valence-corrected chi connectivity index (χ1v) is 10.5. The summed E-state index contributed by atoms with van der Waals surface area (Å²) in [5, 5.41) is 11.2. The van der Waals surface area contributed by atoms with E-state index < -0.39 is 4.92 Å². The van der Waals surface area contributed by atoms with E-state index in [2.05, 4.69) is 9.88 Å². The van der Waals surface area contributed by atoms with Crippen LogP contribution in [0, 0.1) is 30.9 Å². The third-order valence-corrected chi connectivity index (χ3v) is 5.69. The van der Waals surface area contributed by atoms with Crippen molar-refractivity contribution >= 4 is 17.4 Å². The number of amides is 1. The Kier molecular flexibility index (Phi) is 5.85. The van der Waals surface area contributed by atoms with Crippen molar-refractivity contribution in [2.75, 3.05) is 31.1 Å². The Morgan fingerprint density at radius 2 is 1.62 bits per heavy atom. The second kappa shape index (κ2) is 8.74. The molecule has 4 rings (SSSR count). The highest BCUT2D eigenvalue weighted by atomic mass is 16.6. The molecule has 8 heteroatoms. The van der Waals surface area contributed by atoms with Crippen molar-refractivity contribution in [3.05, 3.63) is 81.0 Å². The molecule has 1 aliphatic rings. The smallest absolute Gasteiger partial charge is 0.273 e. The highest BCUT2D eigenvalue weighted by Crippen LogP contribution is 2.23. The third-order valence-electron chi connectivity index (χ3n) is 5.69. The number of rotatable bonds is 4. The van der Waals surface area contributed by atoms with Crippen LogP contribution in [0.4, 0.5) is 11.5 Å². The van der Waals surface area contributed by atoms with E-state index in [4.69, 9.17) is 4.98 Å². The lowest BCUT2D eigenvalue weighted by molar-refractivity contribution is -0.385. The van der Waals surface area contributed by atoms with Gasteiger partial charge in [-0.2, -0.15) is 0 Å². The van der Waals surface area contributed by atoms with Crippen molar-refractivity contribution in [1.82, 2.24) is 14.9 Å². The molecule has 2 heterocycles. The van der Waals surface area contributed by atoms with E-state index in [-0.39, 0.29) is 11.6 Å². The van der Waals surface area contributed by atoms with Crippen LogP contribution in [-0.2, 0) is 0 Å². The minimum atomic E-state index is -0.451. The van der Waals surface area contributed by atoms with Crippen molar-refractivity contribution in [2.24, 2.45) is 0 Å². The van der Waals surface area contributed by atoms with Gasteiger partial charge < -0.3 is 9.80 Å². The molecule has 2 aromatic carbocycles. The topological polar surface area (TPSA) is 92.5 Å². The molecule has 8 nitrogen and oxygen atoms in total. The number of nitro benzene ring substituents is 1. The third kappa shape index (κ3) is 4.44. The fourth-order valence-electron chi connectivity index (χ4n) is 3.81. The molecule has 0 atom stereocenters. The molecule has 0 radical (unpaired) electrons. The average Bonchev–Trinajstić information content (AvgIpc) is 2.79.